The Labute approximate surface area is 156 Å². The van der Waals surface area contributed by atoms with Gasteiger partial charge in [0, 0.05) is 36.6 Å². The molecule has 1 aromatic carbocycles. The number of aromatic nitrogens is 2. The van der Waals surface area contributed by atoms with E-state index in [0.717, 1.165) is 30.8 Å². The average Bonchev–Trinajstić information content (AvgIpc) is 3.21. The second-order valence-electron chi connectivity index (χ2n) is 6.14. The molecule has 1 aliphatic rings. The first-order chi connectivity index (χ1) is 10.8. The van der Waals surface area contributed by atoms with E-state index < -0.39 is 0 Å². The highest BCUT2D eigenvalue weighted by atomic mass is 35.5. The lowest BCUT2D eigenvalue weighted by atomic mass is 10.1. The van der Waals surface area contributed by atoms with Gasteiger partial charge in [-0.2, -0.15) is 0 Å². The first-order valence-corrected chi connectivity index (χ1v) is 8.28. The van der Waals surface area contributed by atoms with Gasteiger partial charge in [-0.1, -0.05) is 37.6 Å². The van der Waals surface area contributed by atoms with Crippen molar-refractivity contribution in [2.45, 2.75) is 44.7 Å². The van der Waals surface area contributed by atoms with Crippen molar-refractivity contribution >= 4 is 24.8 Å². The van der Waals surface area contributed by atoms with Crippen molar-refractivity contribution < 1.29 is 5.11 Å². The molecule has 1 fully saturated rings. The number of hydrogen-bond donors (Lipinski definition) is 2. The van der Waals surface area contributed by atoms with Gasteiger partial charge in [-0.15, -0.1) is 24.8 Å². The van der Waals surface area contributed by atoms with E-state index in [1.54, 1.807) is 0 Å². The first kappa shape index (κ1) is 21.0. The lowest BCUT2D eigenvalue weighted by molar-refractivity contribution is 0.253. The number of aryl methyl sites for hydroxylation is 1. The van der Waals surface area contributed by atoms with E-state index in [9.17, 15) is 5.11 Å². The topological polar surface area (TPSA) is 50.1 Å². The van der Waals surface area contributed by atoms with E-state index in [2.05, 4.69) is 46.1 Å². The Morgan fingerprint density at radius 2 is 2.00 bits per heavy atom. The van der Waals surface area contributed by atoms with Crippen molar-refractivity contribution in [3.63, 3.8) is 0 Å². The van der Waals surface area contributed by atoms with Gasteiger partial charge >= 0.3 is 0 Å². The van der Waals surface area contributed by atoms with Crippen LogP contribution >= 0.6 is 24.8 Å². The molecule has 4 nitrogen and oxygen atoms in total. The van der Waals surface area contributed by atoms with Crippen LogP contribution in [0.3, 0.4) is 0 Å². The molecule has 6 heteroatoms. The standard InChI is InChI=1S/C18H25N3O.2ClH/c1-2-3-4-14-5-7-15(8-6-14)18-19-9-10-21(18)17-11-16(13-22)20-12-17;;/h5-10,16-17,20,22H,2-4,11-13H2,1H3;2*1H/t16-,17+;;/m0../s1. The molecule has 2 heterocycles. The molecule has 24 heavy (non-hydrogen) atoms. The van der Waals surface area contributed by atoms with Crippen molar-refractivity contribution in [2.24, 2.45) is 0 Å². The van der Waals surface area contributed by atoms with E-state index in [4.69, 9.17) is 0 Å². The van der Waals surface area contributed by atoms with Crippen LogP contribution in [0.5, 0.6) is 0 Å². The van der Waals surface area contributed by atoms with Crippen LogP contribution in [0.25, 0.3) is 11.4 Å². The monoisotopic (exact) mass is 371 g/mol. The molecule has 0 aliphatic carbocycles. The maximum absolute atomic E-state index is 9.28. The quantitative estimate of drug-likeness (QED) is 0.814. The van der Waals surface area contributed by atoms with E-state index >= 15 is 0 Å². The molecule has 1 aliphatic heterocycles. The number of hydrogen-bond acceptors (Lipinski definition) is 3. The van der Waals surface area contributed by atoms with E-state index in [1.807, 2.05) is 12.4 Å². The molecule has 0 saturated carbocycles. The highest BCUT2D eigenvalue weighted by Gasteiger charge is 2.26. The molecule has 2 aromatic rings. The average molecular weight is 372 g/mol. The summed E-state index contributed by atoms with van der Waals surface area (Å²) in [4.78, 5) is 4.55. The summed E-state index contributed by atoms with van der Waals surface area (Å²) in [6.07, 6.45) is 8.49. The SMILES string of the molecule is CCCCc1ccc(-c2nccn2[C@H]2CN[C@H](CO)C2)cc1.Cl.Cl. The predicted molar refractivity (Wildman–Crippen MR) is 103 cm³/mol. The van der Waals surface area contributed by atoms with Crippen LogP contribution in [-0.2, 0) is 6.42 Å². The number of benzene rings is 1. The van der Waals surface area contributed by atoms with Gasteiger partial charge in [0.05, 0.1) is 6.61 Å². The van der Waals surface area contributed by atoms with E-state index in [1.165, 1.54) is 18.4 Å². The zero-order valence-electron chi connectivity index (χ0n) is 14.0. The fourth-order valence-electron chi connectivity index (χ4n) is 3.18. The fraction of sp³-hybridized carbons (Fsp3) is 0.500. The molecule has 0 bridgehead atoms. The van der Waals surface area contributed by atoms with E-state index in [0.29, 0.717) is 6.04 Å². The molecule has 0 spiro atoms. The van der Waals surface area contributed by atoms with Crippen LogP contribution < -0.4 is 5.32 Å². The Kier molecular flexibility index (Phi) is 8.78. The maximum atomic E-state index is 9.28. The summed E-state index contributed by atoms with van der Waals surface area (Å²) in [6.45, 7) is 3.32. The van der Waals surface area contributed by atoms with Crippen molar-refractivity contribution in [2.75, 3.05) is 13.2 Å². The lowest BCUT2D eigenvalue weighted by Crippen LogP contribution is -2.24. The summed E-state index contributed by atoms with van der Waals surface area (Å²) < 4.78 is 2.24. The highest BCUT2D eigenvalue weighted by Crippen LogP contribution is 2.26. The molecule has 2 N–H and O–H groups in total. The van der Waals surface area contributed by atoms with Crippen LogP contribution in [0, 0.1) is 0 Å². The Bertz CT molecular complexity index is 601. The molecule has 0 radical (unpaired) electrons. The number of unbranched alkanes of at least 4 members (excludes halogenated alkanes) is 1. The Balaban J connectivity index is 0.00000144. The number of rotatable bonds is 6. The largest absolute Gasteiger partial charge is 0.395 e. The minimum absolute atomic E-state index is 0. The van der Waals surface area contributed by atoms with Crippen molar-refractivity contribution in [3.8, 4) is 11.4 Å². The third-order valence-corrected chi connectivity index (χ3v) is 4.51. The summed E-state index contributed by atoms with van der Waals surface area (Å²) in [5.41, 5.74) is 2.56. The Morgan fingerprint density at radius 3 is 2.62 bits per heavy atom. The summed E-state index contributed by atoms with van der Waals surface area (Å²) >= 11 is 0. The minimum atomic E-state index is 0. The van der Waals surface area contributed by atoms with Gasteiger partial charge in [-0.25, -0.2) is 4.98 Å². The second kappa shape index (κ2) is 10.0. The lowest BCUT2D eigenvalue weighted by Gasteiger charge is -2.15. The van der Waals surface area contributed by atoms with Gasteiger partial charge in [0.1, 0.15) is 5.82 Å². The molecule has 134 valence electrons. The molecule has 0 unspecified atom stereocenters. The fourth-order valence-corrected chi connectivity index (χ4v) is 3.18. The van der Waals surface area contributed by atoms with Crippen LogP contribution in [0.2, 0.25) is 0 Å². The van der Waals surface area contributed by atoms with Crippen LogP contribution in [0.4, 0.5) is 0 Å². The molecule has 1 saturated heterocycles. The van der Waals surface area contributed by atoms with Crippen molar-refractivity contribution in [1.82, 2.24) is 14.9 Å². The normalized spacial score (nSPS) is 19.6. The van der Waals surface area contributed by atoms with Crippen molar-refractivity contribution in [1.29, 1.82) is 0 Å². The summed E-state index contributed by atoms with van der Waals surface area (Å²) in [7, 11) is 0. The summed E-state index contributed by atoms with van der Waals surface area (Å²) in [5.74, 6) is 1.02. The molecular formula is C18H27Cl2N3O. The minimum Gasteiger partial charge on any atom is -0.395 e. The molecular weight excluding hydrogens is 345 g/mol. The highest BCUT2D eigenvalue weighted by molar-refractivity contribution is 5.85. The van der Waals surface area contributed by atoms with Crippen LogP contribution in [0.1, 0.15) is 37.8 Å². The molecule has 1 aromatic heterocycles. The van der Waals surface area contributed by atoms with Gasteiger partial charge < -0.3 is 15.0 Å². The first-order valence-electron chi connectivity index (χ1n) is 8.28. The zero-order valence-corrected chi connectivity index (χ0v) is 15.7. The number of aliphatic hydroxyl groups excluding tert-OH is 1. The smallest absolute Gasteiger partial charge is 0.140 e. The third kappa shape index (κ3) is 4.73. The number of aliphatic hydroxyl groups is 1. The number of nitrogens with zero attached hydrogens (tertiary/aromatic N) is 2. The summed E-state index contributed by atoms with van der Waals surface area (Å²) in [6, 6.07) is 9.36. The van der Waals surface area contributed by atoms with Gasteiger partial charge in [0.15, 0.2) is 0 Å². The predicted octanol–water partition coefficient (Wildman–Crippen LogP) is 3.63. The van der Waals surface area contributed by atoms with Gasteiger partial charge in [0.25, 0.3) is 0 Å². The number of imidazole rings is 1. The molecule has 0 amide bonds. The third-order valence-electron chi connectivity index (χ3n) is 4.51. The molecule has 3 rings (SSSR count). The van der Waals surface area contributed by atoms with Crippen LogP contribution in [0.15, 0.2) is 36.7 Å². The van der Waals surface area contributed by atoms with Gasteiger partial charge in [-0.3, -0.25) is 0 Å². The zero-order chi connectivity index (χ0) is 15.4. The number of halogens is 2. The van der Waals surface area contributed by atoms with Crippen LogP contribution in [-0.4, -0.2) is 33.9 Å². The number of nitrogens with one attached hydrogen (secondary N) is 1. The van der Waals surface area contributed by atoms with Gasteiger partial charge in [0.2, 0.25) is 0 Å². The summed E-state index contributed by atoms with van der Waals surface area (Å²) in [5, 5.41) is 12.6. The Morgan fingerprint density at radius 1 is 1.25 bits per heavy atom. The van der Waals surface area contributed by atoms with Gasteiger partial charge in [-0.05, 0) is 24.8 Å². The van der Waals surface area contributed by atoms with Crippen molar-refractivity contribution in [3.05, 3.63) is 42.2 Å². The second-order valence-corrected chi connectivity index (χ2v) is 6.14. The Hall–Kier alpha value is -1.07. The maximum Gasteiger partial charge on any atom is 0.140 e. The molecule has 2 atom stereocenters. The van der Waals surface area contributed by atoms with E-state index in [-0.39, 0.29) is 37.5 Å².